The van der Waals surface area contributed by atoms with Crippen molar-refractivity contribution in [2.75, 3.05) is 57.3 Å². The van der Waals surface area contributed by atoms with Crippen LogP contribution in [0, 0.1) is 23.7 Å². The number of hydrogen-bond acceptors (Lipinski definition) is 6. The van der Waals surface area contributed by atoms with Crippen molar-refractivity contribution in [3.05, 3.63) is 70.3 Å². The number of halogens is 1. The van der Waals surface area contributed by atoms with Crippen LogP contribution in [-0.2, 0) is 17.8 Å². The summed E-state index contributed by atoms with van der Waals surface area (Å²) >= 11 is 5.00. The smallest absolute Gasteiger partial charge is 0.292 e. The molecule has 4 aliphatic rings. The lowest BCUT2D eigenvalue weighted by atomic mass is 9.66. The van der Waals surface area contributed by atoms with Gasteiger partial charge >= 0.3 is 0 Å². The van der Waals surface area contributed by atoms with Crippen molar-refractivity contribution in [3.63, 3.8) is 0 Å². The molecule has 1 amide bonds. The second kappa shape index (κ2) is 17.1. The third-order valence-electron chi connectivity index (χ3n) is 12.0. The number of allylic oxidation sites excluding steroid dienone is 1. The van der Waals surface area contributed by atoms with Gasteiger partial charge in [-0.25, -0.2) is 0 Å². The van der Waals surface area contributed by atoms with Gasteiger partial charge < -0.3 is 19.1 Å². The number of ether oxygens (including phenoxy) is 1. The molecule has 6 rings (SSSR count). The van der Waals surface area contributed by atoms with Gasteiger partial charge in [0.05, 0.1) is 23.7 Å². The Kier molecular flexibility index (Phi) is 12.8. The number of aryl methyl sites for hydroxylation is 1. The van der Waals surface area contributed by atoms with E-state index in [0.29, 0.717) is 36.0 Å². The summed E-state index contributed by atoms with van der Waals surface area (Å²) in [4.78, 5) is 21.4. The van der Waals surface area contributed by atoms with E-state index >= 15 is 0 Å². The molecule has 7 unspecified atom stereocenters. The van der Waals surface area contributed by atoms with E-state index < -0.39 is 11.4 Å². The van der Waals surface area contributed by atoms with Gasteiger partial charge in [0, 0.05) is 61.2 Å². The minimum absolute atomic E-state index is 0.161. The number of nitrogens with zero attached hydrogens (tertiary/aromatic N) is 3. The molecule has 50 heavy (non-hydrogen) atoms. The van der Waals surface area contributed by atoms with Crippen molar-refractivity contribution in [1.29, 1.82) is 0 Å². The Balaban J connectivity index is 1.33. The number of amides is 1. The Labute approximate surface area is 309 Å². The highest BCUT2D eigenvalue weighted by atomic mass is 35.5. The number of rotatable bonds is 6. The number of benzene rings is 2. The molecule has 1 aliphatic carbocycles. The first-order valence-electron chi connectivity index (χ1n) is 19.3. The van der Waals surface area contributed by atoms with Crippen molar-refractivity contribution in [2.45, 2.75) is 90.4 Å². The lowest BCUT2D eigenvalue weighted by Crippen LogP contribution is -2.45. The van der Waals surface area contributed by atoms with E-state index in [0.717, 1.165) is 75.0 Å². The van der Waals surface area contributed by atoms with Gasteiger partial charge in [-0.05, 0) is 125 Å². The summed E-state index contributed by atoms with van der Waals surface area (Å²) in [5.74, 6) is 2.46. The first kappa shape index (κ1) is 37.5. The van der Waals surface area contributed by atoms with Crippen LogP contribution in [0.4, 0.5) is 5.69 Å². The minimum Gasteiger partial charge on any atom is -0.593 e. The zero-order valence-electron chi connectivity index (χ0n) is 30.9. The van der Waals surface area contributed by atoms with Crippen LogP contribution in [-0.4, -0.2) is 84.0 Å². The molecule has 2 fully saturated rings. The van der Waals surface area contributed by atoms with Crippen molar-refractivity contribution in [2.24, 2.45) is 23.7 Å². The SMILES string of the molecule is CCCc1cc(Cl)ccc1C1COc2ccc3cc2N(C1)CC1CCC1C(CN1CCCN(C(C)C)CC1)/C=C/CC(C)C(C)[S+]([O-])NC3=O. The summed E-state index contributed by atoms with van der Waals surface area (Å²) in [6, 6.07) is 12.6. The highest BCUT2D eigenvalue weighted by Gasteiger charge is 2.39. The van der Waals surface area contributed by atoms with Gasteiger partial charge in [0.1, 0.15) is 11.0 Å². The maximum Gasteiger partial charge on any atom is 0.292 e. The lowest BCUT2D eigenvalue weighted by Gasteiger charge is -2.45. The van der Waals surface area contributed by atoms with Gasteiger partial charge in [-0.3, -0.25) is 9.69 Å². The maximum atomic E-state index is 13.5. The second-order valence-corrected chi connectivity index (χ2v) is 17.7. The molecule has 0 spiro atoms. The first-order valence-corrected chi connectivity index (χ1v) is 20.8. The van der Waals surface area contributed by atoms with Crippen molar-refractivity contribution >= 4 is 34.6 Å². The van der Waals surface area contributed by atoms with Crippen LogP contribution in [0.5, 0.6) is 5.75 Å². The normalized spacial score (nSPS) is 30.8. The van der Waals surface area contributed by atoms with Crippen LogP contribution >= 0.6 is 11.6 Å². The molecular weight excluding hydrogens is 664 g/mol. The largest absolute Gasteiger partial charge is 0.593 e. The van der Waals surface area contributed by atoms with E-state index in [-0.39, 0.29) is 23.0 Å². The number of hydrogen-bond donors (Lipinski definition) is 1. The number of carbonyl (C=O) groups is 1. The molecule has 2 aromatic rings. The van der Waals surface area contributed by atoms with Crippen LogP contribution in [0.25, 0.3) is 0 Å². The van der Waals surface area contributed by atoms with Crippen LogP contribution in [0.1, 0.15) is 94.1 Å². The summed E-state index contributed by atoms with van der Waals surface area (Å²) in [5, 5.41) is 0.603. The zero-order chi connectivity index (χ0) is 35.4. The van der Waals surface area contributed by atoms with Gasteiger partial charge in [0.2, 0.25) is 0 Å². The summed E-state index contributed by atoms with van der Waals surface area (Å²) in [6.07, 6.45) is 11.4. The quantitative estimate of drug-likeness (QED) is 0.243. The molecule has 3 heterocycles. The van der Waals surface area contributed by atoms with E-state index in [1.807, 2.05) is 31.2 Å². The highest BCUT2D eigenvalue weighted by Crippen LogP contribution is 2.44. The van der Waals surface area contributed by atoms with Crippen LogP contribution in [0.15, 0.2) is 48.6 Å². The molecule has 7 nitrogen and oxygen atoms in total. The lowest BCUT2D eigenvalue weighted by molar-refractivity contribution is 0.0980. The van der Waals surface area contributed by atoms with Crippen LogP contribution in [0.2, 0.25) is 5.02 Å². The third-order valence-corrected chi connectivity index (χ3v) is 13.8. The molecule has 1 N–H and O–H groups in total. The number of nitrogens with one attached hydrogen (secondary N) is 1. The molecule has 0 radical (unpaired) electrons. The van der Waals surface area contributed by atoms with Crippen LogP contribution in [0.3, 0.4) is 0 Å². The zero-order valence-corrected chi connectivity index (χ0v) is 32.5. The number of anilines is 1. The van der Waals surface area contributed by atoms with Crippen LogP contribution < -0.4 is 14.4 Å². The fraction of sp³-hybridized carbons (Fsp3) is 0.634. The second-order valence-electron chi connectivity index (χ2n) is 15.7. The predicted molar refractivity (Wildman–Crippen MR) is 208 cm³/mol. The predicted octanol–water partition coefficient (Wildman–Crippen LogP) is 7.71. The van der Waals surface area contributed by atoms with E-state index in [9.17, 15) is 9.35 Å². The van der Waals surface area contributed by atoms with Crippen molar-refractivity contribution < 1.29 is 14.1 Å². The van der Waals surface area contributed by atoms with Gasteiger partial charge in [0.25, 0.3) is 5.91 Å². The van der Waals surface area contributed by atoms with Gasteiger partial charge in [-0.1, -0.05) is 50.1 Å². The van der Waals surface area contributed by atoms with Crippen molar-refractivity contribution in [3.8, 4) is 5.75 Å². The fourth-order valence-corrected chi connectivity index (χ4v) is 9.78. The monoisotopic (exact) mass is 722 g/mol. The topological polar surface area (TPSA) is 71.1 Å². The van der Waals surface area contributed by atoms with Gasteiger partial charge in [-0.15, -0.1) is 0 Å². The Morgan fingerprint density at radius 2 is 1.90 bits per heavy atom. The van der Waals surface area contributed by atoms with Crippen molar-refractivity contribution in [1.82, 2.24) is 14.5 Å². The third kappa shape index (κ3) is 8.86. The molecule has 3 aliphatic heterocycles. The van der Waals surface area contributed by atoms with Gasteiger partial charge in [-0.2, -0.15) is 4.72 Å². The van der Waals surface area contributed by atoms with E-state index in [2.05, 4.69) is 71.4 Å². The Morgan fingerprint density at radius 3 is 2.66 bits per heavy atom. The fourth-order valence-electron chi connectivity index (χ4n) is 8.56. The summed E-state index contributed by atoms with van der Waals surface area (Å²) in [6.45, 7) is 18.9. The summed E-state index contributed by atoms with van der Waals surface area (Å²) in [7, 11) is 0. The molecular formula is C41H59ClN4O3S. The molecule has 2 aromatic carbocycles. The van der Waals surface area contributed by atoms with E-state index in [4.69, 9.17) is 16.3 Å². The average molecular weight is 723 g/mol. The Morgan fingerprint density at radius 1 is 1.06 bits per heavy atom. The van der Waals surface area contributed by atoms with E-state index in [1.54, 1.807) is 0 Å². The summed E-state index contributed by atoms with van der Waals surface area (Å²) in [5.41, 5.74) is 4.08. The Bertz CT molecular complexity index is 1490. The molecule has 9 heteroatoms. The average Bonchev–Trinajstić information content (AvgIpc) is 3.42. The highest BCUT2D eigenvalue weighted by molar-refractivity contribution is 7.90. The summed E-state index contributed by atoms with van der Waals surface area (Å²) < 4.78 is 22.8. The number of carbonyl (C=O) groups excluding carboxylic acids is 1. The van der Waals surface area contributed by atoms with E-state index in [1.165, 1.54) is 36.9 Å². The van der Waals surface area contributed by atoms with Gasteiger partial charge in [0.15, 0.2) is 0 Å². The molecule has 1 saturated carbocycles. The standard InChI is InChI=1S/C41H59ClN4O3S/c1-6-9-31-22-36(42)14-16-37(31)35-26-46-25-34-12-15-38(34)33(24-44-18-8-19-45(21-20-44)28(2)3)11-7-10-29(4)30(5)50(48)43-41(47)32-13-17-40(49-27-35)39(46)23-32/h7,11,13-14,16-17,22-23,28-30,33-35,38H,6,8-10,12,15,18-21,24-27H2,1-5H3,(H,43,47)/b11-7+. The first-order chi connectivity index (χ1) is 24.1. The molecule has 0 aromatic heterocycles. The molecule has 2 bridgehead atoms. The minimum atomic E-state index is -1.50. The Hall–Kier alpha value is -2.23. The number of fused-ring (bicyclic) bond motifs is 2. The molecule has 7 atom stereocenters. The molecule has 274 valence electrons. The molecule has 1 saturated heterocycles. The maximum absolute atomic E-state index is 13.5.